The Balaban J connectivity index is 2.56. The van der Waals surface area contributed by atoms with Crippen molar-refractivity contribution in [1.29, 1.82) is 0 Å². The molecule has 0 saturated carbocycles. The van der Waals surface area contributed by atoms with Crippen molar-refractivity contribution in [2.45, 2.75) is 26.3 Å². The van der Waals surface area contributed by atoms with Crippen LogP contribution in [0.5, 0.6) is 5.75 Å². The molecule has 0 amide bonds. The van der Waals surface area contributed by atoms with E-state index < -0.39 is 0 Å². The van der Waals surface area contributed by atoms with Crippen LogP contribution in [0.15, 0.2) is 12.4 Å². The molecule has 1 aromatic rings. The van der Waals surface area contributed by atoms with E-state index in [0.717, 1.165) is 6.42 Å². The van der Waals surface area contributed by atoms with E-state index in [9.17, 15) is 5.11 Å². The average Bonchev–Trinajstić information content (AvgIpc) is 2.28. The second kappa shape index (κ2) is 6.27. The maximum absolute atomic E-state index is 9.19. The summed E-state index contributed by atoms with van der Waals surface area (Å²) in [6, 6.07) is -0.00612. The maximum atomic E-state index is 9.19. The molecule has 0 bridgehead atoms. The topological polar surface area (TPSA) is 67.3 Å². The Labute approximate surface area is 95.9 Å². The zero-order valence-corrected chi connectivity index (χ0v) is 9.97. The van der Waals surface area contributed by atoms with E-state index in [1.165, 1.54) is 0 Å². The fourth-order valence-electron chi connectivity index (χ4n) is 1.43. The summed E-state index contributed by atoms with van der Waals surface area (Å²) in [7, 11) is 1.57. The van der Waals surface area contributed by atoms with Gasteiger partial charge in [0.15, 0.2) is 5.75 Å². The third-order valence-electron chi connectivity index (χ3n) is 2.17. The summed E-state index contributed by atoms with van der Waals surface area (Å²) in [5.41, 5.74) is 0. The Morgan fingerprint density at radius 3 is 2.44 bits per heavy atom. The SMILES string of the molecule is COc1cnc(NC(CO)CC(C)C)nc1. The first-order valence-electron chi connectivity index (χ1n) is 5.39. The van der Waals surface area contributed by atoms with Crippen LogP contribution in [0, 0.1) is 5.92 Å². The standard InChI is InChI=1S/C11H19N3O2/c1-8(2)4-9(7-15)14-11-12-5-10(16-3)6-13-11/h5-6,8-9,15H,4,7H2,1-3H3,(H,12,13,14). The third-order valence-corrected chi connectivity index (χ3v) is 2.17. The lowest BCUT2D eigenvalue weighted by Gasteiger charge is -2.17. The van der Waals surface area contributed by atoms with Crippen molar-refractivity contribution in [3.8, 4) is 5.75 Å². The monoisotopic (exact) mass is 225 g/mol. The first kappa shape index (κ1) is 12.7. The van der Waals surface area contributed by atoms with Crippen molar-refractivity contribution in [1.82, 2.24) is 9.97 Å². The molecule has 0 aliphatic carbocycles. The summed E-state index contributed by atoms with van der Waals surface area (Å²) in [5.74, 6) is 1.65. The Bertz CT molecular complexity index is 301. The molecule has 5 nitrogen and oxygen atoms in total. The zero-order valence-electron chi connectivity index (χ0n) is 9.97. The Morgan fingerprint density at radius 2 is 2.00 bits per heavy atom. The van der Waals surface area contributed by atoms with E-state index >= 15 is 0 Å². The van der Waals surface area contributed by atoms with Gasteiger partial charge < -0.3 is 15.2 Å². The van der Waals surface area contributed by atoms with Crippen molar-refractivity contribution in [3.05, 3.63) is 12.4 Å². The fraction of sp³-hybridized carbons (Fsp3) is 0.636. The highest BCUT2D eigenvalue weighted by molar-refractivity contribution is 5.28. The van der Waals surface area contributed by atoms with Gasteiger partial charge in [-0.3, -0.25) is 0 Å². The highest BCUT2D eigenvalue weighted by Crippen LogP contribution is 2.11. The van der Waals surface area contributed by atoms with Crippen LogP contribution >= 0.6 is 0 Å². The fourth-order valence-corrected chi connectivity index (χ4v) is 1.43. The number of methoxy groups -OCH3 is 1. The van der Waals surface area contributed by atoms with Crippen LogP contribution in [-0.2, 0) is 0 Å². The van der Waals surface area contributed by atoms with E-state index in [-0.39, 0.29) is 12.6 Å². The Hall–Kier alpha value is -1.36. The summed E-state index contributed by atoms with van der Waals surface area (Å²) in [6.07, 6.45) is 4.07. The van der Waals surface area contributed by atoms with Crippen molar-refractivity contribution in [2.75, 3.05) is 19.0 Å². The summed E-state index contributed by atoms with van der Waals surface area (Å²) in [5, 5.41) is 12.3. The molecular formula is C11H19N3O2. The number of hydrogen-bond acceptors (Lipinski definition) is 5. The number of aliphatic hydroxyl groups excluding tert-OH is 1. The highest BCUT2D eigenvalue weighted by Gasteiger charge is 2.10. The van der Waals surface area contributed by atoms with Crippen molar-refractivity contribution < 1.29 is 9.84 Å². The van der Waals surface area contributed by atoms with Crippen LogP contribution in [0.1, 0.15) is 20.3 Å². The van der Waals surface area contributed by atoms with Gasteiger partial charge in [-0.15, -0.1) is 0 Å². The van der Waals surface area contributed by atoms with E-state index in [4.69, 9.17) is 4.74 Å². The molecule has 1 rings (SSSR count). The molecule has 0 aliphatic rings. The maximum Gasteiger partial charge on any atom is 0.223 e. The van der Waals surface area contributed by atoms with E-state index in [2.05, 4.69) is 29.1 Å². The summed E-state index contributed by atoms with van der Waals surface area (Å²) < 4.78 is 4.96. The molecule has 0 aliphatic heterocycles. The van der Waals surface area contributed by atoms with Gasteiger partial charge in [0, 0.05) is 0 Å². The predicted molar refractivity (Wildman–Crippen MR) is 62.5 cm³/mol. The normalized spacial score (nSPS) is 12.6. The molecule has 2 N–H and O–H groups in total. The smallest absolute Gasteiger partial charge is 0.223 e. The van der Waals surface area contributed by atoms with Gasteiger partial charge in [0.1, 0.15) is 0 Å². The van der Waals surface area contributed by atoms with Gasteiger partial charge in [0.2, 0.25) is 5.95 Å². The van der Waals surface area contributed by atoms with Crippen molar-refractivity contribution >= 4 is 5.95 Å². The van der Waals surface area contributed by atoms with Gasteiger partial charge in [0.25, 0.3) is 0 Å². The summed E-state index contributed by atoms with van der Waals surface area (Å²) >= 11 is 0. The van der Waals surface area contributed by atoms with Gasteiger partial charge >= 0.3 is 0 Å². The summed E-state index contributed by atoms with van der Waals surface area (Å²) in [4.78, 5) is 8.17. The number of ether oxygens (including phenoxy) is 1. The van der Waals surface area contributed by atoms with Gasteiger partial charge in [-0.05, 0) is 12.3 Å². The second-order valence-corrected chi connectivity index (χ2v) is 4.10. The summed E-state index contributed by atoms with van der Waals surface area (Å²) in [6.45, 7) is 4.30. The average molecular weight is 225 g/mol. The van der Waals surface area contributed by atoms with Gasteiger partial charge in [0.05, 0.1) is 32.2 Å². The Morgan fingerprint density at radius 1 is 1.38 bits per heavy atom. The largest absolute Gasteiger partial charge is 0.494 e. The van der Waals surface area contributed by atoms with Crippen LogP contribution in [0.3, 0.4) is 0 Å². The number of nitrogens with zero attached hydrogens (tertiary/aromatic N) is 2. The minimum atomic E-state index is -0.00612. The van der Waals surface area contributed by atoms with Gasteiger partial charge in [-0.1, -0.05) is 13.8 Å². The first-order valence-corrected chi connectivity index (χ1v) is 5.39. The number of nitrogens with one attached hydrogen (secondary N) is 1. The number of aliphatic hydroxyl groups is 1. The highest BCUT2D eigenvalue weighted by atomic mass is 16.5. The molecule has 1 atom stereocenters. The lowest BCUT2D eigenvalue weighted by molar-refractivity contribution is 0.259. The molecular weight excluding hydrogens is 206 g/mol. The van der Waals surface area contributed by atoms with E-state index in [0.29, 0.717) is 17.6 Å². The number of aromatic nitrogens is 2. The number of hydrogen-bond donors (Lipinski definition) is 2. The lowest BCUT2D eigenvalue weighted by Crippen LogP contribution is -2.26. The van der Waals surface area contributed by atoms with E-state index in [1.807, 2.05) is 0 Å². The minimum absolute atomic E-state index is 0.00612. The van der Waals surface area contributed by atoms with Crippen molar-refractivity contribution in [2.24, 2.45) is 5.92 Å². The quantitative estimate of drug-likeness (QED) is 0.764. The van der Waals surface area contributed by atoms with Crippen LogP contribution < -0.4 is 10.1 Å². The molecule has 5 heteroatoms. The van der Waals surface area contributed by atoms with E-state index in [1.54, 1.807) is 19.5 Å². The molecule has 1 heterocycles. The van der Waals surface area contributed by atoms with Crippen LogP contribution in [0.25, 0.3) is 0 Å². The van der Waals surface area contributed by atoms with Crippen LogP contribution in [0.4, 0.5) is 5.95 Å². The zero-order chi connectivity index (χ0) is 12.0. The number of rotatable bonds is 6. The molecule has 90 valence electrons. The van der Waals surface area contributed by atoms with Crippen molar-refractivity contribution in [3.63, 3.8) is 0 Å². The second-order valence-electron chi connectivity index (χ2n) is 4.10. The predicted octanol–water partition coefficient (Wildman–Crippen LogP) is 1.30. The van der Waals surface area contributed by atoms with Gasteiger partial charge in [-0.2, -0.15) is 0 Å². The molecule has 0 radical (unpaired) electrons. The lowest BCUT2D eigenvalue weighted by atomic mass is 10.0. The molecule has 0 fully saturated rings. The van der Waals surface area contributed by atoms with Gasteiger partial charge in [-0.25, -0.2) is 9.97 Å². The molecule has 1 unspecified atom stereocenters. The molecule has 1 aromatic heterocycles. The first-order chi connectivity index (χ1) is 7.65. The van der Waals surface area contributed by atoms with Crippen LogP contribution in [-0.4, -0.2) is 34.8 Å². The molecule has 16 heavy (non-hydrogen) atoms. The minimum Gasteiger partial charge on any atom is -0.494 e. The molecule has 0 saturated heterocycles. The number of anilines is 1. The van der Waals surface area contributed by atoms with Crippen LogP contribution in [0.2, 0.25) is 0 Å². The third kappa shape index (κ3) is 4.02. The Kier molecular flexibility index (Phi) is 4.98. The molecule has 0 spiro atoms. The molecule has 0 aromatic carbocycles.